The summed E-state index contributed by atoms with van der Waals surface area (Å²) in [5, 5.41) is 12.7. The topological polar surface area (TPSA) is 55.1 Å². The average Bonchev–Trinajstić information content (AvgIpc) is 2.43. The van der Waals surface area contributed by atoms with E-state index in [0.717, 1.165) is 19.4 Å². The quantitative estimate of drug-likeness (QED) is 0.886. The lowest BCUT2D eigenvalue weighted by molar-refractivity contribution is 0.0696. The van der Waals surface area contributed by atoms with Crippen molar-refractivity contribution in [2.24, 2.45) is 0 Å². The second-order valence-corrected chi connectivity index (χ2v) is 3.51. The van der Waals surface area contributed by atoms with Crippen molar-refractivity contribution in [3.05, 3.63) is 16.4 Å². The first-order valence-electron chi connectivity index (χ1n) is 4.11. The van der Waals surface area contributed by atoms with Crippen molar-refractivity contribution in [1.82, 2.24) is 9.78 Å². The number of carboxylic acids is 1. The van der Waals surface area contributed by atoms with Gasteiger partial charge < -0.3 is 5.11 Å². The number of aromatic carboxylic acids is 1. The van der Waals surface area contributed by atoms with Gasteiger partial charge in [-0.15, -0.1) is 0 Å². The van der Waals surface area contributed by atoms with Gasteiger partial charge in [-0.05, 0) is 22.4 Å². The molecule has 1 aromatic rings. The number of nitrogens with zero attached hydrogens (tertiary/aromatic N) is 2. The number of carboxylic acid groups (broad SMARTS) is 1. The minimum Gasteiger partial charge on any atom is -0.478 e. The van der Waals surface area contributed by atoms with Gasteiger partial charge in [-0.2, -0.15) is 5.10 Å². The molecule has 0 unspecified atom stereocenters. The lowest BCUT2D eigenvalue weighted by atomic mass is 10.3. The summed E-state index contributed by atoms with van der Waals surface area (Å²) in [6.07, 6.45) is 3.62. The monoisotopic (exact) mass is 246 g/mol. The maximum Gasteiger partial charge on any atom is 0.340 e. The van der Waals surface area contributed by atoms with Gasteiger partial charge in [0.1, 0.15) is 10.2 Å². The Morgan fingerprint density at radius 3 is 2.92 bits per heavy atom. The van der Waals surface area contributed by atoms with Gasteiger partial charge in [0.2, 0.25) is 0 Å². The first-order chi connectivity index (χ1) is 6.15. The standard InChI is InChI=1S/C8H11BrN2O2/c1-2-3-4-11-5-6(8(12)13)7(9)10-11/h5H,2-4H2,1H3,(H,12,13). The van der Waals surface area contributed by atoms with Gasteiger partial charge in [0.05, 0.1) is 0 Å². The Balaban J connectivity index is 2.76. The van der Waals surface area contributed by atoms with E-state index in [2.05, 4.69) is 28.0 Å². The first-order valence-corrected chi connectivity index (χ1v) is 4.90. The predicted octanol–water partition coefficient (Wildman–Crippen LogP) is 2.14. The van der Waals surface area contributed by atoms with Crippen molar-refractivity contribution < 1.29 is 9.90 Å². The van der Waals surface area contributed by atoms with Crippen molar-refractivity contribution in [1.29, 1.82) is 0 Å². The van der Waals surface area contributed by atoms with E-state index in [0.29, 0.717) is 4.60 Å². The van der Waals surface area contributed by atoms with E-state index in [1.54, 1.807) is 10.9 Å². The van der Waals surface area contributed by atoms with E-state index in [1.165, 1.54) is 0 Å². The van der Waals surface area contributed by atoms with Crippen LogP contribution in [0.2, 0.25) is 0 Å². The summed E-state index contributed by atoms with van der Waals surface area (Å²) in [5.41, 5.74) is 0.219. The summed E-state index contributed by atoms with van der Waals surface area (Å²) in [4.78, 5) is 10.6. The third kappa shape index (κ3) is 2.55. The number of carbonyl (C=O) groups is 1. The highest BCUT2D eigenvalue weighted by molar-refractivity contribution is 9.10. The highest BCUT2D eigenvalue weighted by Gasteiger charge is 2.12. The fourth-order valence-corrected chi connectivity index (χ4v) is 1.45. The van der Waals surface area contributed by atoms with Crippen LogP contribution in [0.15, 0.2) is 10.8 Å². The molecule has 0 saturated heterocycles. The number of unbranched alkanes of at least 4 members (excludes halogenated alkanes) is 1. The second kappa shape index (κ2) is 4.41. The largest absolute Gasteiger partial charge is 0.478 e. The lowest BCUT2D eigenvalue weighted by Gasteiger charge is -1.96. The zero-order chi connectivity index (χ0) is 9.84. The van der Waals surface area contributed by atoms with E-state index in [-0.39, 0.29) is 5.56 Å². The predicted molar refractivity (Wildman–Crippen MR) is 51.8 cm³/mol. The molecule has 0 radical (unpaired) electrons. The van der Waals surface area contributed by atoms with Gasteiger partial charge in [0.25, 0.3) is 0 Å². The maximum absolute atomic E-state index is 10.6. The molecule has 0 fully saturated rings. The number of aromatic nitrogens is 2. The Labute approximate surface area is 84.7 Å². The number of aryl methyl sites for hydroxylation is 1. The Morgan fingerprint density at radius 1 is 1.77 bits per heavy atom. The molecule has 0 spiro atoms. The summed E-state index contributed by atoms with van der Waals surface area (Å²) in [5.74, 6) is -0.949. The van der Waals surface area contributed by atoms with Gasteiger partial charge >= 0.3 is 5.97 Å². The minimum atomic E-state index is -0.949. The smallest absolute Gasteiger partial charge is 0.340 e. The molecule has 1 rings (SSSR count). The van der Waals surface area contributed by atoms with Crippen molar-refractivity contribution in [3.8, 4) is 0 Å². The molecule has 0 aromatic carbocycles. The molecular formula is C8H11BrN2O2. The van der Waals surface area contributed by atoms with Crippen LogP contribution < -0.4 is 0 Å². The van der Waals surface area contributed by atoms with E-state index in [1.807, 2.05) is 0 Å². The van der Waals surface area contributed by atoms with Gasteiger partial charge in [0.15, 0.2) is 0 Å². The number of rotatable bonds is 4. The highest BCUT2D eigenvalue weighted by atomic mass is 79.9. The summed E-state index contributed by atoms with van der Waals surface area (Å²) in [6.45, 7) is 2.85. The summed E-state index contributed by atoms with van der Waals surface area (Å²) in [6, 6.07) is 0. The lowest BCUT2D eigenvalue weighted by Crippen LogP contribution is -1.98. The van der Waals surface area contributed by atoms with Crippen LogP contribution in [0.5, 0.6) is 0 Å². The fraction of sp³-hybridized carbons (Fsp3) is 0.500. The van der Waals surface area contributed by atoms with E-state index < -0.39 is 5.97 Å². The van der Waals surface area contributed by atoms with Crippen LogP contribution in [-0.4, -0.2) is 20.9 Å². The maximum atomic E-state index is 10.6. The molecule has 5 heteroatoms. The Hall–Kier alpha value is -0.840. The third-order valence-electron chi connectivity index (χ3n) is 1.69. The van der Waals surface area contributed by atoms with E-state index in [4.69, 9.17) is 5.11 Å². The van der Waals surface area contributed by atoms with Gasteiger partial charge in [0, 0.05) is 12.7 Å². The zero-order valence-corrected chi connectivity index (χ0v) is 8.91. The normalized spacial score (nSPS) is 10.3. The summed E-state index contributed by atoms with van der Waals surface area (Å²) >= 11 is 3.10. The molecule has 4 nitrogen and oxygen atoms in total. The number of hydrogen-bond acceptors (Lipinski definition) is 2. The van der Waals surface area contributed by atoms with E-state index in [9.17, 15) is 4.79 Å². The molecular weight excluding hydrogens is 236 g/mol. The van der Waals surface area contributed by atoms with Crippen LogP contribution >= 0.6 is 15.9 Å². The molecule has 1 N–H and O–H groups in total. The minimum absolute atomic E-state index is 0.219. The molecule has 0 aliphatic rings. The van der Waals surface area contributed by atoms with Crippen LogP contribution in [0, 0.1) is 0 Å². The van der Waals surface area contributed by atoms with Gasteiger partial charge in [-0.1, -0.05) is 13.3 Å². The molecule has 0 atom stereocenters. The van der Waals surface area contributed by atoms with Crippen LogP contribution in [-0.2, 0) is 6.54 Å². The van der Waals surface area contributed by atoms with Crippen LogP contribution in [0.25, 0.3) is 0 Å². The highest BCUT2D eigenvalue weighted by Crippen LogP contribution is 2.14. The van der Waals surface area contributed by atoms with Crippen LogP contribution in [0.3, 0.4) is 0 Å². The first kappa shape index (κ1) is 10.2. The zero-order valence-electron chi connectivity index (χ0n) is 7.33. The fourth-order valence-electron chi connectivity index (χ4n) is 0.976. The van der Waals surface area contributed by atoms with Gasteiger partial charge in [-0.3, -0.25) is 4.68 Å². The summed E-state index contributed by atoms with van der Waals surface area (Å²) in [7, 11) is 0. The SMILES string of the molecule is CCCCn1cc(C(=O)O)c(Br)n1. The van der Waals surface area contributed by atoms with E-state index >= 15 is 0 Å². The van der Waals surface area contributed by atoms with Crippen molar-refractivity contribution in [2.75, 3.05) is 0 Å². The van der Waals surface area contributed by atoms with Crippen LogP contribution in [0.4, 0.5) is 0 Å². The average molecular weight is 247 g/mol. The number of hydrogen-bond donors (Lipinski definition) is 1. The van der Waals surface area contributed by atoms with Crippen LogP contribution in [0.1, 0.15) is 30.1 Å². The Morgan fingerprint density at radius 2 is 2.46 bits per heavy atom. The third-order valence-corrected chi connectivity index (χ3v) is 2.27. The molecule has 0 bridgehead atoms. The Kier molecular flexibility index (Phi) is 3.48. The molecule has 0 saturated carbocycles. The molecule has 72 valence electrons. The van der Waals surface area contributed by atoms with Crippen molar-refractivity contribution >= 4 is 21.9 Å². The van der Waals surface area contributed by atoms with Crippen molar-refractivity contribution in [3.63, 3.8) is 0 Å². The number of halogens is 1. The molecule has 1 aromatic heterocycles. The molecule has 13 heavy (non-hydrogen) atoms. The molecule has 0 amide bonds. The summed E-state index contributed by atoms with van der Waals surface area (Å²) < 4.78 is 2.05. The molecule has 0 aliphatic carbocycles. The van der Waals surface area contributed by atoms with Gasteiger partial charge in [-0.25, -0.2) is 4.79 Å². The molecule has 0 aliphatic heterocycles. The second-order valence-electron chi connectivity index (χ2n) is 2.76. The Bertz CT molecular complexity index is 309. The molecule has 1 heterocycles. The van der Waals surface area contributed by atoms with Crippen molar-refractivity contribution in [2.45, 2.75) is 26.3 Å².